The van der Waals surface area contributed by atoms with Gasteiger partial charge in [0.1, 0.15) is 14.0 Å². The van der Waals surface area contributed by atoms with Gasteiger partial charge in [0, 0.05) is 0 Å². The maximum absolute atomic E-state index is 12.2. The standard InChI is InChI=1S/C14H10Cl2N2O3S3/c1-3-21-13(20)9-5(2)8-12(23-9)18-14(24-8)17-11(19)6-4-7(15)22-10(6)16/h4H,3H2,1-2H3,(H,17,18,19). The fourth-order valence-corrected chi connectivity index (χ4v) is 5.66. The van der Waals surface area contributed by atoms with Crippen LogP contribution in [0.3, 0.4) is 0 Å². The third kappa shape index (κ3) is 3.29. The van der Waals surface area contributed by atoms with Crippen LogP contribution in [-0.4, -0.2) is 23.5 Å². The maximum atomic E-state index is 12.2. The summed E-state index contributed by atoms with van der Waals surface area (Å²) in [5.74, 6) is -0.719. The van der Waals surface area contributed by atoms with Gasteiger partial charge in [-0.3, -0.25) is 10.1 Å². The lowest BCUT2D eigenvalue weighted by molar-refractivity contribution is 0.0531. The van der Waals surface area contributed by atoms with Gasteiger partial charge in [-0.05, 0) is 25.5 Å². The van der Waals surface area contributed by atoms with Crippen molar-refractivity contribution in [2.24, 2.45) is 0 Å². The number of anilines is 1. The Bertz CT molecular complexity index is 945. The second kappa shape index (κ2) is 6.97. The van der Waals surface area contributed by atoms with E-state index in [4.69, 9.17) is 27.9 Å². The smallest absolute Gasteiger partial charge is 0.348 e. The summed E-state index contributed by atoms with van der Waals surface area (Å²) in [5.41, 5.74) is 1.12. The molecular formula is C14H10Cl2N2O3S3. The molecule has 0 radical (unpaired) electrons. The summed E-state index contributed by atoms with van der Waals surface area (Å²) in [6.07, 6.45) is 0. The fourth-order valence-electron chi connectivity index (χ4n) is 1.99. The molecule has 3 aromatic rings. The van der Waals surface area contributed by atoms with Crippen LogP contribution < -0.4 is 5.32 Å². The number of fused-ring (bicyclic) bond motifs is 1. The van der Waals surface area contributed by atoms with Gasteiger partial charge in [-0.1, -0.05) is 34.5 Å². The molecule has 0 unspecified atom stereocenters. The minimum atomic E-state index is -0.368. The average molecular weight is 421 g/mol. The number of halogens is 2. The molecule has 24 heavy (non-hydrogen) atoms. The third-order valence-electron chi connectivity index (χ3n) is 3.06. The first kappa shape index (κ1) is 17.6. The number of amides is 1. The number of ether oxygens (including phenoxy) is 1. The second-order valence-corrected chi connectivity index (χ2v) is 8.91. The van der Waals surface area contributed by atoms with Gasteiger partial charge in [0.05, 0.1) is 21.2 Å². The number of aryl methyl sites for hydroxylation is 1. The van der Waals surface area contributed by atoms with Crippen LogP contribution in [0.5, 0.6) is 0 Å². The van der Waals surface area contributed by atoms with E-state index < -0.39 is 0 Å². The van der Waals surface area contributed by atoms with Crippen molar-refractivity contribution >= 4 is 83.8 Å². The van der Waals surface area contributed by atoms with Gasteiger partial charge in [0.2, 0.25) is 0 Å². The minimum absolute atomic E-state index is 0.314. The monoisotopic (exact) mass is 420 g/mol. The summed E-state index contributed by atoms with van der Waals surface area (Å²) in [5, 5.41) is 3.15. The Kier molecular flexibility index (Phi) is 5.12. The molecule has 0 saturated heterocycles. The first-order valence-electron chi connectivity index (χ1n) is 6.74. The number of nitrogens with zero attached hydrogens (tertiary/aromatic N) is 1. The first-order chi connectivity index (χ1) is 11.4. The van der Waals surface area contributed by atoms with Crippen molar-refractivity contribution in [1.82, 2.24) is 4.98 Å². The number of hydrogen-bond donors (Lipinski definition) is 1. The quantitative estimate of drug-likeness (QED) is 0.568. The van der Waals surface area contributed by atoms with Crippen LogP contribution in [0.15, 0.2) is 6.07 Å². The molecule has 3 rings (SSSR count). The molecule has 0 bridgehead atoms. The summed E-state index contributed by atoms with van der Waals surface area (Å²) in [4.78, 5) is 29.7. The van der Waals surface area contributed by atoms with E-state index in [0.717, 1.165) is 21.6 Å². The Labute approximate surface area is 159 Å². The molecule has 0 aromatic carbocycles. The van der Waals surface area contributed by atoms with E-state index in [1.54, 1.807) is 6.92 Å². The Balaban J connectivity index is 1.85. The van der Waals surface area contributed by atoms with Crippen molar-refractivity contribution in [2.75, 3.05) is 11.9 Å². The van der Waals surface area contributed by atoms with Crippen LogP contribution in [0, 0.1) is 6.92 Å². The highest BCUT2D eigenvalue weighted by Crippen LogP contribution is 2.38. The van der Waals surface area contributed by atoms with Gasteiger partial charge >= 0.3 is 5.97 Å². The van der Waals surface area contributed by atoms with Crippen LogP contribution in [-0.2, 0) is 4.74 Å². The molecule has 1 N–H and O–H groups in total. The van der Waals surface area contributed by atoms with Crippen LogP contribution in [0.25, 0.3) is 9.53 Å². The number of rotatable bonds is 4. The van der Waals surface area contributed by atoms with Crippen molar-refractivity contribution in [3.05, 3.63) is 30.7 Å². The molecule has 5 nitrogen and oxygen atoms in total. The number of nitrogens with one attached hydrogen (secondary N) is 1. The summed E-state index contributed by atoms with van der Waals surface area (Å²) in [7, 11) is 0. The highest BCUT2D eigenvalue weighted by Gasteiger charge is 2.21. The predicted molar refractivity (Wildman–Crippen MR) is 100 cm³/mol. The topological polar surface area (TPSA) is 68.3 Å². The van der Waals surface area contributed by atoms with E-state index in [2.05, 4.69) is 10.3 Å². The van der Waals surface area contributed by atoms with E-state index >= 15 is 0 Å². The third-order valence-corrected chi connectivity index (χ3v) is 6.93. The largest absolute Gasteiger partial charge is 0.462 e. The Hall–Kier alpha value is -1.19. The molecule has 0 aliphatic rings. The molecule has 3 aromatic heterocycles. The number of thiophene rings is 2. The molecule has 0 fully saturated rings. The number of carbonyl (C=O) groups is 2. The molecule has 1 amide bonds. The molecule has 0 atom stereocenters. The predicted octanol–water partition coefficient (Wildman–Crippen LogP) is 5.46. The van der Waals surface area contributed by atoms with Gasteiger partial charge in [0.25, 0.3) is 5.91 Å². The van der Waals surface area contributed by atoms with Crippen molar-refractivity contribution in [1.29, 1.82) is 0 Å². The zero-order chi connectivity index (χ0) is 17.4. The van der Waals surface area contributed by atoms with Gasteiger partial charge in [-0.15, -0.1) is 22.7 Å². The molecule has 0 aliphatic heterocycles. The molecular weight excluding hydrogens is 411 g/mol. The minimum Gasteiger partial charge on any atom is -0.462 e. The Morgan fingerprint density at radius 2 is 2.04 bits per heavy atom. The van der Waals surface area contributed by atoms with Gasteiger partial charge in [0.15, 0.2) is 5.13 Å². The van der Waals surface area contributed by atoms with Crippen LogP contribution >= 0.6 is 57.2 Å². The summed E-state index contributed by atoms with van der Waals surface area (Å²) >= 11 is 15.5. The lowest BCUT2D eigenvalue weighted by atomic mass is 10.3. The number of carbonyl (C=O) groups excluding carboxylic acids is 2. The molecule has 10 heteroatoms. The lowest BCUT2D eigenvalue weighted by Crippen LogP contribution is -2.10. The summed E-state index contributed by atoms with van der Waals surface area (Å²) in [6, 6.07) is 1.52. The molecule has 0 spiro atoms. The Morgan fingerprint density at radius 1 is 1.29 bits per heavy atom. The molecule has 126 valence electrons. The van der Waals surface area contributed by atoms with Gasteiger partial charge < -0.3 is 4.74 Å². The SMILES string of the molecule is CCOC(=O)c1sc2nc(NC(=O)c3cc(Cl)sc3Cl)sc2c1C. The number of hydrogen-bond acceptors (Lipinski definition) is 7. The Morgan fingerprint density at radius 3 is 2.62 bits per heavy atom. The first-order valence-corrected chi connectivity index (χ1v) is 9.94. The van der Waals surface area contributed by atoms with Gasteiger partial charge in [-0.2, -0.15) is 0 Å². The van der Waals surface area contributed by atoms with Crippen LogP contribution in [0.4, 0.5) is 5.13 Å². The van der Waals surface area contributed by atoms with E-state index in [1.165, 1.54) is 28.7 Å². The normalized spacial score (nSPS) is 11.0. The zero-order valence-electron chi connectivity index (χ0n) is 12.4. The van der Waals surface area contributed by atoms with Crippen molar-refractivity contribution in [2.45, 2.75) is 13.8 Å². The zero-order valence-corrected chi connectivity index (χ0v) is 16.4. The average Bonchev–Trinajstić information content (AvgIpc) is 3.14. The lowest BCUT2D eigenvalue weighted by Gasteiger charge is -2.00. The van der Waals surface area contributed by atoms with Crippen molar-refractivity contribution in [3.63, 3.8) is 0 Å². The van der Waals surface area contributed by atoms with Crippen LogP contribution in [0.1, 0.15) is 32.5 Å². The summed E-state index contributed by atoms with van der Waals surface area (Å²) < 4.78 is 6.66. The number of aromatic nitrogens is 1. The summed E-state index contributed by atoms with van der Waals surface area (Å²) in [6.45, 7) is 3.92. The molecule has 0 saturated carbocycles. The van der Waals surface area contributed by atoms with E-state index in [0.29, 0.717) is 35.7 Å². The highest BCUT2D eigenvalue weighted by molar-refractivity contribution is 7.30. The highest BCUT2D eigenvalue weighted by atomic mass is 35.5. The van der Waals surface area contributed by atoms with Crippen molar-refractivity contribution < 1.29 is 14.3 Å². The molecule has 0 aliphatic carbocycles. The fraction of sp³-hybridized carbons (Fsp3) is 0.214. The van der Waals surface area contributed by atoms with Gasteiger partial charge in [-0.25, -0.2) is 9.78 Å². The van der Waals surface area contributed by atoms with E-state index in [-0.39, 0.29) is 11.9 Å². The molecule has 3 heterocycles. The van der Waals surface area contributed by atoms with Crippen LogP contribution in [0.2, 0.25) is 8.67 Å². The number of thiazole rings is 1. The second-order valence-electron chi connectivity index (χ2n) is 4.62. The van der Waals surface area contributed by atoms with E-state index in [9.17, 15) is 9.59 Å². The van der Waals surface area contributed by atoms with E-state index in [1.807, 2.05) is 6.92 Å². The maximum Gasteiger partial charge on any atom is 0.348 e. The van der Waals surface area contributed by atoms with Crippen molar-refractivity contribution in [3.8, 4) is 0 Å². The number of esters is 1.